The van der Waals surface area contributed by atoms with Gasteiger partial charge < -0.3 is 15.5 Å². The van der Waals surface area contributed by atoms with Crippen molar-refractivity contribution in [2.24, 2.45) is 0 Å². The normalized spacial score (nSPS) is 24.2. The zero-order chi connectivity index (χ0) is 14.8. The van der Waals surface area contributed by atoms with E-state index in [1.807, 2.05) is 6.07 Å². The van der Waals surface area contributed by atoms with Crippen LogP contribution in [0.25, 0.3) is 0 Å². The first-order valence-corrected chi connectivity index (χ1v) is 7.25. The lowest BCUT2D eigenvalue weighted by Crippen LogP contribution is -2.55. The number of hydrogen-bond donors (Lipinski definition) is 2. The van der Waals surface area contributed by atoms with Gasteiger partial charge in [-0.05, 0) is 31.5 Å². The molecule has 3 rings (SSSR count). The summed E-state index contributed by atoms with van der Waals surface area (Å²) in [6, 6.07) is 7.69. The number of rotatable bonds is 3. The molecule has 0 aliphatic carbocycles. The van der Waals surface area contributed by atoms with Crippen molar-refractivity contribution in [2.75, 3.05) is 24.5 Å². The lowest BCUT2D eigenvalue weighted by Gasteiger charge is -2.28. The third-order valence-electron chi connectivity index (χ3n) is 4.16. The third-order valence-corrected chi connectivity index (χ3v) is 4.16. The summed E-state index contributed by atoms with van der Waals surface area (Å²) in [5.74, 6) is 0.0888. The Kier molecular flexibility index (Phi) is 3.85. The lowest BCUT2D eigenvalue weighted by molar-refractivity contribution is -0.125. The van der Waals surface area contributed by atoms with Gasteiger partial charge in [0.1, 0.15) is 13.9 Å². The second-order valence-electron chi connectivity index (χ2n) is 5.62. The Morgan fingerprint density at radius 1 is 1.48 bits per heavy atom. The van der Waals surface area contributed by atoms with Crippen LogP contribution in [0.1, 0.15) is 18.4 Å². The minimum absolute atomic E-state index is 0.0229. The fourth-order valence-electron chi connectivity index (χ4n) is 2.83. The van der Waals surface area contributed by atoms with E-state index in [4.69, 9.17) is 7.85 Å². The van der Waals surface area contributed by atoms with Crippen LogP contribution in [0.4, 0.5) is 5.69 Å². The molecule has 5 nitrogen and oxygen atoms in total. The number of nitriles is 1. The van der Waals surface area contributed by atoms with Gasteiger partial charge in [0.2, 0.25) is 5.91 Å². The van der Waals surface area contributed by atoms with E-state index in [0.29, 0.717) is 11.0 Å². The third kappa shape index (κ3) is 2.88. The van der Waals surface area contributed by atoms with E-state index in [9.17, 15) is 10.1 Å². The van der Waals surface area contributed by atoms with Crippen LogP contribution in [0.15, 0.2) is 18.2 Å². The largest absolute Gasteiger partial charge is 0.368 e. The van der Waals surface area contributed by atoms with Crippen molar-refractivity contribution in [1.29, 1.82) is 5.26 Å². The van der Waals surface area contributed by atoms with Gasteiger partial charge in [-0.3, -0.25) is 4.79 Å². The van der Waals surface area contributed by atoms with Crippen LogP contribution >= 0.6 is 0 Å². The molecule has 2 N–H and O–H groups in total. The molecule has 2 atom stereocenters. The zero-order valence-corrected chi connectivity index (χ0v) is 11.8. The summed E-state index contributed by atoms with van der Waals surface area (Å²) in [7, 11) is 5.72. The topological polar surface area (TPSA) is 68.2 Å². The van der Waals surface area contributed by atoms with Crippen LogP contribution in [-0.4, -0.2) is 45.5 Å². The van der Waals surface area contributed by atoms with Crippen molar-refractivity contribution >= 4 is 24.9 Å². The molecule has 2 heterocycles. The van der Waals surface area contributed by atoms with Gasteiger partial charge in [-0.25, -0.2) is 0 Å². The Morgan fingerprint density at radius 2 is 2.29 bits per heavy atom. The smallest absolute Gasteiger partial charge is 0.237 e. The van der Waals surface area contributed by atoms with Gasteiger partial charge in [-0.2, -0.15) is 5.26 Å². The van der Waals surface area contributed by atoms with Crippen LogP contribution in [0.3, 0.4) is 0 Å². The van der Waals surface area contributed by atoms with Crippen molar-refractivity contribution in [1.82, 2.24) is 10.6 Å². The molecule has 2 saturated heterocycles. The lowest BCUT2D eigenvalue weighted by atomic mass is 9.94. The number of carbonyl (C=O) groups excluding carboxylic acids is 1. The van der Waals surface area contributed by atoms with E-state index in [1.54, 1.807) is 12.1 Å². The molecule has 21 heavy (non-hydrogen) atoms. The van der Waals surface area contributed by atoms with Gasteiger partial charge >= 0.3 is 0 Å². The van der Waals surface area contributed by atoms with Gasteiger partial charge in [0.15, 0.2) is 0 Å². The number of nitrogens with one attached hydrogen (secondary N) is 2. The summed E-state index contributed by atoms with van der Waals surface area (Å²) in [6.07, 6.45) is 1.81. The zero-order valence-electron chi connectivity index (χ0n) is 11.8. The highest BCUT2D eigenvalue weighted by atomic mass is 16.2. The van der Waals surface area contributed by atoms with Crippen molar-refractivity contribution in [3.63, 3.8) is 0 Å². The van der Waals surface area contributed by atoms with Gasteiger partial charge in [0, 0.05) is 19.1 Å². The van der Waals surface area contributed by atoms with E-state index in [2.05, 4.69) is 21.6 Å². The van der Waals surface area contributed by atoms with Crippen LogP contribution in [0, 0.1) is 11.3 Å². The number of hydrogen-bond acceptors (Lipinski definition) is 4. The predicted molar refractivity (Wildman–Crippen MR) is 81.7 cm³/mol. The Hall–Kier alpha value is -2.00. The van der Waals surface area contributed by atoms with Gasteiger partial charge in [-0.1, -0.05) is 11.5 Å². The SMILES string of the molecule is [B]c1ccc(N2CC[C@H](NC(=O)[C@@H]3CCN3)C2)c(C#N)c1. The predicted octanol–water partition coefficient (Wildman–Crippen LogP) is -0.591. The van der Waals surface area contributed by atoms with E-state index >= 15 is 0 Å². The van der Waals surface area contributed by atoms with Crippen LogP contribution in [0.5, 0.6) is 0 Å². The van der Waals surface area contributed by atoms with Crippen LogP contribution in [-0.2, 0) is 4.79 Å². The summed E-state index contributed by atoms with van der Waals surface area (Å²) in [5, 5.41) is 15.4. The van der Waals surface area contributed by atoms with E-state index in [0.717, 1.165) is 38.2 Å². The second-order valence-corrected chi connectivity index (χ2v) is 5.62. The summed E-state index contributed by atoms with van der Waals surface area (Å²) >= 11 is 0. The van der Waals surface area contributed by atoms with Crippen LogP contribution in [0.2, 0.25) is 0 Å². The minimum atomic E-state index is -0.0229. The van der Waals surface area contributed by atoms with Gasteiger partial charge in [-0.15, -0.1) is 0 Å². The average Bonchev–Trinajstić information content (AvgIpc) is 2.84. The molecule has 2 radical (unpaired) electrons. The molecule has 2 aliphatic heterocycles. The molecule has 2 fully saturated rings. The maximum absolute atomic E-state index is 11.9. The Balaban J connectivity index is 1.64. The minimum Gasteiger partial charge on any atom is -0.368 e. The highest BCUT2D eigenvalue weighted by molar-refractivity contribution is 6.32. The van der Waals surface area contributed by atoms with Gasteiger partial charge in [0.05, 0.1) is 17.3 Å². The van der Waals surface area contributed by atoms with E-state index < -0.39 is 0 Å². The molecule has 1 aromatic carbocycles. The highest BCUT2D eigenvalue weighted by Gasteiger charge is 2.30. The number of benzene rings is 1. The second kappa shape index (κ2) is 5.78. The van der Waals surface area contributed by atoms with E-state index in [-0.39, 0.29) is 18.0 Å². The molecule has 1 amide bonds. The maximum atomic E-state index is 11.9. The molecule has 6 heteroatoms. The molecule has 0 aromatic heterocycles. The molecule has 0 saturated carbocycles. The molecule has 0 bridgehead atoms. The molecule has 1 aromatic rings. The summed E-state index contributed by atoms with van der Waals surface area (Å²) in [6.45, 7) is 2.49. The van der Waals surface area contributed by atoms with Crippen LogP contribution < -0.4 is 21.0 Å². The summed E-state index contributed by atoms with van der Waals surface area (Å²) < 4.78 is 0. The fourth-order valence-corrected chi connectivity index (χ4v) is 2.83. The number of amides is 1. The maximum Gasteiger partial charge on any atom is 0.237 e. The molecule has 0 spiro atoms. The van der Waals surface area contributed by atoms with Crippen molar-refractivity contribution in [3.05, 3.63) is 23.8 Å². The first-order valence-electron chi connectivity index (χ1n) is 7.25. The summed E-state index contributed by atoms with van der Waals surface area (Å²) in [5.41, 5.74) is 2.07. The quantitative estimate of drug-likeness (QED) is 0.726. The highest BCUT2D eigenvalue weighted by Crippen LogP contribution is 2.23. The number of nitrogens with zero attached hydrogens (tertiary/aromatic N) is 2. The van der Waals surface area contributed by atoms with E-state index in [1.165, 1.54) is 0 Å². The first kappa shape index (κ1) is 14.0. The average molecular weight is 280 g/mol. The molecule has 106 valence electrons. The monoisotopic (exact) mass is 280 g/mol. The molecule has 0 unspecified atom stereocenters. The Bertz CT molecular complexity index is 594. The fraction of sp³-hybridized carbons (Fsp3) is 0.467. The van der Waals surface area contributed by atoms with Gasteiger partial charge in [0.25, 0.3) is 0 Å². The number of anilines is 1. The number of carbonyl (C=O) groups is 1. The first-order chi connectivity index (χ1) is 10.2. The molecule has 2 aliphatic rings. The van der Waals surface area contributed by atoms with Crippen molar-refractivity contribution in [2.45, 2.75) is 24.9 Å². The molecular weight excluding hydrogens is 263 g/mol. The molecular formula is C15H17BN4O. The Labute approximate surface area is 125 Å². The van der Waals surface area contributed by atoms with Crippen molar-refractivity contribution < 1.29 is 4.79 Å². The Morgan fingerprint density at radius 3 is 2.95 bits per heavy atom. The van der Waals surface area contributed by atoms with Crippen molar-refractivity contribution in [3.8, 4) is 6.07 Å². The summed E-state index contributed by atoms with van der Waals surface area (Å²) in [4.78, 5) is 14.1. The standard InChI is InChI=1S/C15H17BN4O/c16-11-1-2-14(10(7-11)8-17)20-6-4-12(9-20)19-15(21)13-3-5-18-13/h1-2,7,12-13,18H,3-6,9H2,(H,19,21)/t12-,13-/m0/s1.